The minimum atomic E-state index is 0. The normalized spacial score (nSPS) is 12.5. The maximum atomic E-state index is 5.59. The number of hydrogen-bond donors (Lipinski definition) is 0. The molecular formula is C9H22INO. The van der Waals surface area contributed by atoms with Crippen molar-refractivity contribution in [3.05, 3.63) is 0 Å². The largest absolute Gasteiger partial charge is 1.00 e. The maximum Gasteiger partial charge on any atom is 0.102 e. The van der Waals surface area contributed by atoms with Gasteiger partial charge < -0.3 is 33.2 Å². The SMILES string of the molecule is CC(C)(C)OCC[N+](C)(C)C.[I-]. The lowest BCUT2D eigenvalue weighted by atomic mass is 10.2. The number of quaternary nitrogens is 1. The summed E-state index contributed by atoms with van der Waals surface area (Å²) in [6.07, 6.45) is 0. The molecule has 2 nitrogen and oxygen atoms in total. The van der Waals surface area contributed by atoms with E-state index in [1.165, 1.54) is 0 Å². The molecule has 0 atom stereocenters. The van der Waals surface area contributed by atoms with Crippen LogP contribution < -0.4 is 24.0 Å². The van der Waals surface area contributed by atoms with Crippen LogP contribution in [0.5, 0.6) is 0 Å². The lowest BCUT2D eigenvalue weighted by molar-refractivity contribution is -0.871. The molecule has 0 fully saturated rings. The first kappa shape index (κ1) is 15.1. The van der Waals surface area contributed by atoms with Crippen molar-refractivity contribution in [2.24, 2.45) is 0 Å². The fraction of sp³-hybridized carbons (Fsp3) is 1.00. The van der Waals surface area contributed by atoms with Gasteiger partial charge in [-0.05, 0) is 20.8 Å². The van der Waals surface area contributed by atoms with E-state index >= 15 is 0 Å². The van der Waals surface area contributed by atoms with E-state index in [2.05, 4.69) is 41.9 Å². The molecule has 0 radical (unpaired) electrons. The number of nitrogens with zero attached hydrogens (tertiary/aromatic N) is 1. The van der Waals surface area contributed by atoms with E-state index in [4.69, 9.17) is 4.74 Å². The molecule has 0 heterocycles. The molecule has 0 aliphatic rings. The number of hydrogen-bond acceptors (Lipinski definition) is 1. The molecule has 0 aliphatic carbocycles. The molecule has 0 unspecified atom stereocenters. The van der Waals surface area contributed by atoms with Gasteiger partial charge in [0.25, 0.3) is 0 Å². The second kappa shape index (κ2) is 5.40. The number of rotatable bonds is 3. The van der Waals surface area contributed by atoms with Gasteiger partial charge in [0.15, 0.2) is 0 Å². The lowest BCUT2D eigenvalue weighted by Gasteiger charge is -2.26. The van der Waals surface area contributed by atoms with Crippen LogP contribution in [0.2, 0.25) is 0 Å². The van der Waals surface area contributed by atoms with Crippen molar-refractivity contribution < 1.29 is 33.2 Å². The number of likely N-dealkylation sites (N-methyl/N-ethyl adjacent to an activating group) is 1. The molecule has 0 aromatic carbocycles. The summed E-state index contributed by atoms with van der Waals surface area (Å²) >= 11 is 0. The molecular weight excluding hydrogens is 265 g/mol. The van der Waals surface area contributed by atoms with E-state index in [0.717, 1.165) is 17.6 Å². The molecule has 0 N–H and O–H groups in total. The highest BCUT2D eigenvalue weighted by atomic mass is 127. The summed E-state index contributed by atoms with van der Waals surface area (Å²) in [5.41, 5.74) is 0.00910. The van der Waals surface area contributed by atoms with Crippen molar-refractivity contribution in [1.82, 2.24) is 0 Å². The molecule has 0 aliphatic heterocycles. The van der Waals surface area contributed by atoms with E-state index < -0.39 is 0 Å². The number of halogens is 1. The Balaban J connectivity index is 0. The van der Waals surface area contributed by atoms with Gasteiger partial charge >= 0.3 is 0 Å². The highest BCUT2D eigenvalue weighted by Gasteiger charge is 2.12. The first-order valence-corrected chi connectivity index (χ1v) is 4.15. The highest BCUT2D eigenvalue weighted by Crippen LogP contribution is 2.06. The van der Waals surface area contributed by atoms with E-state index in [1.807, 2.05) is 0 Å². The van der Waals surface area contributed by atoms with E-state index in [1.54, 1.807) is 0 Å². The summed E-state index contributed by atoms with van der Waals surface area (Å²) in [5, 5.41) is 0. The van der Waals surface area contributed by atoms with Crippen molar-refractivity contribution in [1.29, 1.82) is 0 Å². The summed E-state index contributed by atoms with van der Waals surface area (Å²) in [6.45, 7) is 8.16. The van der Waals surface area contributed by atoms with Crippen LogP contribution in [0.25, 0.3) is 0 Å². The van der Waals surface area contributed by atoms with Gasteiger partial charge in [-0.15, -0.1) is 0 Å². The van der Waals surface area contributed by atoms with Crippen molar-refractivity contribution in [2.75, 3.05) is 34.3 Å². The van der Waals surface area contributed by atoms with Gasteiger partial charge in [0.1, 0.15) is 6.54 Å². The minimum absolute atomic E-state index is 0. The van der Waals surface area contributed by atoms with Crippen LogP contribution in [0, 0.1) is 0 Å². The Labute approximate surface area is 93.9 Å². The van der Waals surface area contributed by atoms with Crippen LogP contribution >= 0.6 is 0 Å². The third-order valence-corrected chi connectivity index (χ3v) is 1.30. The predicted molar refractivity (Wildman–Crippen MR) is 48.6 cm³/mol. The van der Waals surface area contributed by atoms with Crippen LogP contribution in [0.15, 0.2) is 0 Å². The Morgan fingerprint density at radius 3 is 1.75 bits per heavy atom. The van der Waals surface area contributed by atoms with Gasteiger partial charge in [-0.25, -0.2) is 0 Å². The Kier molecular flexibility index (Phi) is 6.81. The third-order valence-electron chi connectivity index (χ3n) is 1.30. The number of ether oxygens (including phenoxy) is 1. The Morgan fingerprint density at radius 1 is 1.08 bits per heavy atom. The van der Waals surface area contributed by atoms with E-state index in [0.29, 0.717) is 0 Å². The molecule has 12 heavy (non-hydrogen) atoms. The van der Waals surface area contributed by atoms with Gasteiger partial charge in [-0.2, -0.15) is 0 Å². The molecule has 0 amide bonds. The Bertz CT molecular complexity index is 98.7. The molecule has 0 saturated heterocycles. The van der Waals surface area contributed by atoms with E-state index in [9.17, 15) is 0 Å². The molecule has 0 aromatic rings. The first-order valence-electron chi connectivity index (χ1n) is 4.15. The van der Waals surface area contributed by atoms with Crippen LogP contribution in [-0.2, 0) is 4.74 Å². The van der Waals surface area contributed by atoms with E-state index in [-0.39, 0.29) is 29.6 Å². The molecule has 0 saturated carbocycles. The van der Waals surface area contributed by atoms with Gasteiger partial charge in [0.2, 0.25) is 0 Å². The Hall–Kier alpha value is 0.650. The summed E-state index contributed by atoms with van der Waals surface area (Å²) in [7, 11) is 6.52. The first-order chi connectivity index (χ1) is 4.71. The minimum Gasteiger partial charge on any atom is -1.00 e. The molecule has 3 heteroatoms. The molecule has 0 bridgehead atoms. The second-order valence-corrected chi connectivity index (χ2v) is 4.97. The van der Waals surface area contributed by atoms with Crippen molar-refractivity contribution >= 4 is 0 Å². The van der Waals surface area contributed by atoms with Crippen LogP contribution in [0.3, 0.4) is 0 Å². The molecule has 0 aromatic heterocycles. The van der Waals surface area contributed by atoms with Gasteiger partial charge in [0.05, 0.1) is 33.4 Å². The van der Waals surface area contributed by atoms with Crippen molar-refractivity contribution in [3.63, 3.8) is 0 Å². The van der Waals surface area contributed by atoms with Gasteiger partial charge in [0, 0.05) is 0 Å². The van der Waals surface area contributed by atoms with Crippen LogP contribution in [0.1, 0.15) is 20.8 Å². The van der Waals surface area contributed by atoms with Gasteiger partial charge in [-0.3, -0.25) is 0 Å². The fourth-order valence-corrected chi connectivity index (χ4v) is 0.626. The Morgan fingerprint density at radius 2 is 1.50 bits per heavy atom. The average Bonchev–Trinajstić information content (AvgIpc) is 1.55. The van der Waals surface area contributed by atoms with Gasteiger partial charge in [-0.1, -0.05) is 0 Å². The summed E-state index contributed by atoms with van der Waals surface area (Å²) in [6, 6.07) is 0. The van der Waals surface area contributed by atoms with Crippen LogP contribution in [0.4, 0.5) is 0 Å². The molecule has 76 valence electrons. The summed E-state index contributed by atoms with van der Waals surface area (Å²) in [4.78, 5) is 0. The highest BCUT2D eigenvalue weighted by molar-refractivity contribution is 4.57. The quantitative estimate of drug-likeness (QED) is 0.454. The zero-order chi connectivity index (χ0) is 9.12. The average molecular weight is 287 g/mol. The topological polar surface area (TPSA) is 9.23 Å². The third kappa shape index (κ3) is 13.3. The standard InChI is InChI=1S/C9H22NO.HI/c1-9(2,3)11-8-7-10(4,5)6;/h7-8H2,1-6H3;1H/q+1;/p-1. The summed E-state index contributed by atoms with van der Waals surface area (Å²) in [5.74, 6) is 0. The molecule has 0 rings (SSSR count). The van der Waals surface area contributed by atoms with Crippen molar-refractivity contribution in [2.45, 2.75) is 26.4 Å². The lowest BCUT2D eigenvalue weighted by Crippen LogP contribution is -3.00. The van der Waals surface area contributed by atoms with Crippen molar-refractivity contribution in [3.8, 4) is 0 Å². The smallest absolute Gasteiger partial charge is 0.102 e. The van der Waals surface area contributed by atoms with Crippen LogP contribution in [-0.4, -0.2) is 44.4 Å². The zero-order valence-corrected chi connectivity index (χ0v) is 11.3. The monoisotopic (exact) mass is 287 g/mol. The predicted octanol–water partition coefficient (Wildman–Crippen LogP) is -1.49. The fourth-order valence-electron chi connectivity index (χ4n) is 0.626. The molecule has 0 spiro atoms. The maximum absolute atomic E-state index is 5.59. The summed E-state index contributed by atoms with van der Waals surface area (Å²) < 4.78 is 6.56. The second-order valence-electron chi connectivity index (χ2n) is 4.97. The zero-order valence-electron chi connectivity index (χ0n) is 9.15.